The second-order valence-electron chi connectivity index (χ2n) is 4.32. The van der Waals surface area contributed by atoms with Crippen molar-refractivity contribution in [2.75, 3.05) is 14.2 Å². The summed E-state index contributed by atoms with van der Waals surface area (Å²) in [4.78, 5) is 11.8. The molecule has 0 aliphatic rings. The van der Waals surface area contributed by atoms with Crippen LogP contribution in [0.3, 0.4) is 0 Å². The number of likely N-dealkylation sites (N-methyl/N-ethyl adjacent to an activating group) is 1. The van der Waals surface area contributed by atoms with Crippen LogP contribution in [0.25, 0.3) is 0 Å². The normalized spacial score (nSPS) is 12.1. The number of nitrogens with one attached hydrogen (secondary N) is 1. The van der Waals surface area contributed by atoms with Gasteiger partial charge in [0.1, 0.15) is 5.75 Å². The lowest BCUT2D eigenvalue weighted by molar-refractivity contribution is -0.385. The third-order valence-electron chi connectivity index (χ3n) is 3.14. The lowest BCUT2D eigenvalue weighted by Crippen LogP contribution is -2.18. The molecule has 0 aliphatic heterocycles. The number of para-hydroxylation sites is 1. The van der Waals surface area contributed by atoms with Crippen LogP contribution in [-0.4, -0.2) is 19.1 Å². The van der Waals surface area contributed by atoms with E-state index in [1.165, 1.54) is 6.07 Å². The SMILES string of the molecule is CNC(Cc1ccccc1[N+](=O)[O-])c1cc(OC)cs1. The van der Waals surface area contributed by atoms with Crippen LogP contribution in [0, 0.1) is 10.1 Å². The van der Waals surface area contributed by atoms with E-state index in [4.69, 9.17) is 4.74 Å². The fourth-order valence-corrected chi connectivity index (χ4v) is 3.02. The first-order chi connectivity index (χ1) is 9.65. The minimum atomic E-state index is -0.336. The van der Waals surface area contributed by atoms with E-state index in [1.807, 2.05) is 24.6 Å². The highest BCUT2D eigenvalue weighted by Crippen LogP contribution is 2.30. The Morgan fingerprint density at radius 2 is 2.20 bits per heavy atom. The molecule has 5 nitrogen and oxygen atoms in total. The molecule has 1 aromatic carbocycles. The number of hydrogen-bond donors (Lipinski definition) is 1. The number of benzene rings is 1. The predicted molar refractivity (Wildman–Crippen MR) is 79.5 cm³/mol. The second kappa shape index (κ2) is 6.49. The molecule has 2 aromatic rings. The highest BCUT2D eigenvalue weighted by Gasteiger charge is 2.19. The monoisotopic (exact) mass is 292 g/mol. The van der Waals surface area contributed by atoms with Crippen molar-refractivity contribution < 1.29 is 9.66 Å². The van der Waals surface area contributed by atoms with Gasteiger partial charge in [-0.3, -0.25) is 10.1 Å². The third-order valence-corrected chi connectivity index (χ3v) is 4.16. The van der Waals surface area contributed by atoms with Gasteiger partial charge in [-0.15, -0.1) is 11.3 Å². The van der Waals surface area contributed by atoms with Gasteiger partial charge in [-0.05, 0) is 19.5 Å². The summed E-state index contributed by atoms with van der Waals surface area (Å²) < 4.78 is 5.18. The van der Waals surface area contributed by atoms with Crippen LogP contribution < -0.4 is 10.1 Å². The largest absolute Gasteiger partial charge is 0.496 e. The first-order valence-corrected chi connectivity index (χ1v) is 7.05. The van der Waals surface area contributed by atoms with Gasteiger partial charge in [0, 0.05) is 27.9 Å². The molecule has 0 saturated heterocycles. The molecule has 1 N–H and O–H groups in total. The van der Waals surface area contributed by atoms with Crippen molar-refractivity contribution in [3.63, 3.8) is 0 Å². The molecule has 106 valence electrons. The molecule has 0 radical (unpaired) electrons. The van der Waals surface area contributed by atoms with Crippen molar-refractivity contribution >= 4 is 17.0 Å². The Hall–Kier alpha value is -1.92. The Balaban J connectivity index is 2.24. The lowest BCUT2D eigenvalue weighted by Gasteiger charge is -2.14. The molecular formula is C14H16N2O3S. The minimum absolute atomic E-state index is 0.0324. The zero-order valence-electron chi connectivity index (χ0n) is 11.3. The molecule has 0 saturated carbocycles. The average molecular weight is 292 g/mol. The number of nitro benzene ring substituents is 1. The maximum Gasteiger partial charge on any atom is 0.272 e. The highest BCUT2D eigenvalue weighted by atomic mass is 32.1. The summed E-state index contributed by atoms with van der Waals surface area (Å²) in [6.07, 6.45) is 0.567. The van der Waals surface area contributed by atoms with Gasteiger partial charge in [-0.25, -0.2) is 0 Å². The molecule has 1 atom stereocenters. The van der Waals surface area contributed by atoms with Crippen LogP contribution >= 0.6 is 11.3 Å². The van der Waals surface area contributed by atoms with Gasteiger partial charge in [0.2, 0.25) is 0 Å². The Morgan fingerprint density at radius 1 is 1.45 bits per heavy atom. The summed E-state index contributed by atoms with van der Waals surface area (Å²) in [5.41, 5.74) is 0.889. The van der Waals surface area contributed by atoms with E-state index in [-0.39, 0.29) is 16.7 Å². The van der Waals surface area contributed by atoms with Gasteiger partial charge in [0.15, 0.2) is 0 Å². The quantitative estimate of drug-likeness (QED) is 0.656. The van der Waals surface area contributed by atoms with Crippen molar-refractivity contribution in [1.82, 2.24) is 5.32 Å². The Morgan fingerprint density at radius 3 is 2.80 bits per heavy atom. The van der Waals surface area contributed by atoms with E-state index in [2.05, 4.69) is 5.32 Å². The minimum Gasteiger partial charge on any atom is -0.496 e. The number of nitrogens with zero attached hydrogens (tertiary/aromatic N) is 1. The van der Waals surface area contributed by atoms with Crippen molar-refractivity contribution in [3.8, 4) is 5.75 Å². The standard InChI is InChI=1S/C14H16N2O3S/c1-15-12(14-8-11(19-2)9-20-14)7-10-5-3-4-6-13(10)16(17)18/h3-6,8-9,12,15H,7H2,1-2H3. The molecular weight excluding hydrogens is 276 g/mol. The third kappa shape index (κ3) is 3.15. The van der Waals surface area contributed by atoms with Crippen molar-refractivity contribution in [1.29, 1.82) is 0 Å². The summed E-state index contributed by atoms with van der Waals surface area (Å²) in [5, 5.41) is 16.2. The Bertz CT molecular complexity index is 598. The van der Waals surface area contributed by atoms with Crippen LogP contribution in [0.2, 0.25) is 0 Å². The molecule has 0 fully saturated rings. The van der Waals surface area contributed by atoms with Crippen LogP contribution in [0.5, 0.6) is 5.75 Å². The summed E-state index contributed by atoms with van der Waals surface area (Å²) >= 11 is 1.58. The first-order valence-electron chi connectivity index (χ1n) is 6.17. The fraction of sp³-hybridized carbons (Fsp3) is 0.286. The second-order valence-corrected chi connectivity index (χ2v) is 5.26. The van der Waals surface area contributed by atoms with Gasteiger partial charge in [0.25, 0.3) is 5.69 Å². The van der Waals surface area contributed by atoms with Crippen LogP contribution in [-0.2, 0) is 6.42 Å². The van der Waals surface area contributed by atoms with Crippen LogP contribution in [0.15, 0.2) is 35.7 Å². The fourth-order valence-electron chi connectivity index (χ4n) is 2.05. The van der Waals surface area contributed by atoms with E-state index >= 15 is 0 Å². The number of thiophene rings is 1. The van der Waals surface area contributed by atoms with Crippen LogP contribution in [0.1, 0.15) is 16.5 Å². The summed E-state index contributed by atoms with van der Waals surface area (Å²) in [7, 11) is 3.48. The van der Waals surface area contributed by atoms with Crippen molar-refractivity contribution in [2.24, 2.45) is 0 Å². The molecule has 1 unspecified atom stereocenters. The number of rotatable bonds is 6. The topological polar surface area (TPSA) is 64.4 Å². The molecule has 0 aliphatic carbocycles. The number of hydrogen-bond acceptors (Lipinski definition) is 5. The first kappa shape index (κ1) is 14.5. The van der Waals surface area contributed by atoms with Gasteiger partial charge in [-0.1, -0.05) is 18.2 Å². The smallest absolute Gasteiger partial charge is 0.272 e. The lowest BCUT2D eigenvalue weighted by atomic mass is 10.0. The van der Waals surface area contributed by atoms with Crippen molar-refractivity contribution in [3.05, 3.63) is 56.3 Å². The summed E-state index contributed by atoms with van der Waals surface area (Å²) in [6, 6.07) is 8.84. The van der Waals surface area contributed by atoms with E-state index in [1.54, 1.807) is 30.6 Å². The van der Waals surface area contributed by atoms with Gasteiger partial charge in [0.05, 0.1) is 12.0 Å². The molecule has 20 heavy (non-hydrogen) atoms. The van der Waals surface area contributed by atoms with Gasteiger partial charge < -0.3 is 10.1 Å². The maximum absolute atomic E-state index is 11.0. The molecule has 0 spiro atoms. The predicted octanol–water partition coefficient (Wildman–Crippen LogP) is 3.17. The summed E-state index contributed by atoms with van der Waals surface area (Å²) in [5.74, 6) is 0.813. The molecule has 2 rings (SSSR count). The highest BCUT2D eigenvalue weighted by molar-refractivity contribution is 7.10. The Labute approximate surface area is 121 Å². The average Bonchev–Trinajstić information content (AvgIpc) is 2.93. The van der Waals surface area contributed by atoms with E-state index < -0.39 is 0 Å². The zero-order valence-corrected chi connectivity index (χ0v) is 12.1. The van der Waals surface area contributed by atoms with E-state index in [0.29, 0.717) is 6.42 Å². The Kier molecular flexibility index (Phi) is 4.70. The van der Waals surface area contributed by atoms with E-state index in [0.717, 1.165) is 16.2 Å². The molecule has 0 bridgehead atoms. The van der Waals surface area contributed by atoms with Crippen molar-refractivity contribution in [2.45, 2.75) is 12.5 Å². The molecule has 0 amide bonds. The van der Waals surface area contributed by atoms with Gasteiger partial charge >= 0.3 is 0 Å². The molecule has 1 aromatic heterocycles. The van der Waals surface area contributed by atoms with Gasteiger partial charge in [-0.2, -0.15) is 0 Å². The molecule has 6 heteroatoms. The summed E-state index contributed by atoms with van der Waals surface area (Å²) in [6.45, 7) is 0. The number of ether oxygens (including phenoxy) is 1. The maximum atomic E-state index is 11.0. The number of methoxy groups -OCH3 is 1. The molecule has 1 heterocycles. The van der Waals surface area contributed by atoms with E-state index in [9.17, 15) is 10.1 Å². The number of nitro groups is 1. The zero-order chi connectivity index (χ0) is 14.5. The van der Waals surface area contributed by atoms with Crippen LogP contribution in [0.4, 0.5) is 5.69 Å².